The predicted octanol–water partition coefficient (Wildman–Crippen LogP) is 1.21. The van der Waals surface area contributed by atoms with E-state index in [-0.39, 0.29) is 5.56 Å². The van der Waals surface area contributed by atoms with Gasteiger partial charge >= 0.3 is 5.97 Å². The van der Waals surface area contributed by atoms with Crippen molar-refractivity contribution in [3.63, 3.8) is 0 Å². The molecule has 8 heteroatoms. The molecule has 1 aromatic carbocycles. The van der Waals surface area contributed by atoms with Gasteiger partial charge in [-0.1, -0.05) is 11.8 Å². The number of aromatic carboxylic acids is 1. The maximum Gasteiger partial charge on any atom is 0.335 e. The number of nitrogens with zero attached hydrogens (tertiary/aromatic N) is 4. The van der Waals surface area contributed by atoms with E-state index in [1.165, 1.54) is 17.8 Å². The third-order valence-electron chi connectivity index (χ3n) is 2.47. The summed E-state index contributed by atoms with van der Waals surface area (Å²) in [5.41, 5.74) is 1.02. The molecule has 0 fully saturated rings. The van der Waals surface area contributed by atoms with E-state index in [0.29, 0.717) is 16.7 Å². The first-order chi connectivity index (χ1) is 9.11. The van der Waals surface area contributed by atoms with Gasteiger partial charge in [-0.2, -0.15) is 0 Å². The average Bonchev–Trinajstić information content (AvgIpc) is 2.81. The van der Waals surface area contributed by atoms with Crippen LogP contribution < -0.4 is 4.74 Å². The van der Waals surface area contributed by atoms with Crippen molar-refractivity contribution in [2.75, 3.05) is 7.11 Å². The summed E-state index contributed by atoms with van der Waals surface area (Å²) in [7, 11) is 3.29. The molecule has 0 saturated carbocycles. The minimum Gasteiger partial charge on any atom is -0.496 e. The van der Waals surface area contributed by atoms with E-state index in [2.05, 4.69) is 15.5 Å². The van der Waals surface area contributed by atoms with Crippen molar-refractivity contribution in [2.45, 2.75) is 10.9 Å². The van der Waals surface area contributed by atoms with Crippen molar-refractivity contribution in [1.29, 1.82) is 0 Å². The van der Waals surface area contributed by atoms with Crippen molar-refractivity contribution >= 4 is 17.7 Å². The monoisotopic (exact) mass is 280 g/mol. The first-order valence-electron chi connectivity index (χ1n) is 5.37. The summed E-state index contributed by atoms with van der Waals surface area (Å²) >= 11 is 1.41. The summed E-state index contributed by atoms with van der Waals surface area (Å²) in [6.07, 6.45) is 0. The molecule has 0 bridgehead atoms. The molecule has 1 N–H and O–H groups in total. The fourth-order valence-electron chi connectivity index (χ4n) is 1.51. The van der Waals surface area contributed by atoms with Gasteiger partial charge in [-0.3, -0.25) is 0 Å². The van der Waals surface area contributed by atoms with Crippen molar-refractivity contribution < 1.29 is 14.6 Å². The van der Waals surface area contributed by atoms with Crippen LogP contribution in [0.2, 0.25) is 0 Å². The number of benzene rings is 1. The quantitative estimate of drug-likeness (QED) is 0.823. The second kappa shape index (κ2) is 5.70. The summed E-state index contributed by atoms with van der Waals surface area (Å²) in [6.45, 7) is 0. The number of hydrogen-bond donors (Lipinski definition) is 1. The number of aromatic nitrogens is 4. The van der Waals surface area contributed by atoms with Gasteiger partial charge in [0, 0.05) is 18.4 Å². The largest absolute Gasteiger partial charge is 0.496 e. The number of carboxylic acids is 1. The number of thioether (sulfide) groups is 1. The van der Waals surface area contributed by atoms with E-state index >= 15 is 0 Å². The third kappa shape index (κ3) is 3.02. The van der Waals surface area contributed by atoms with Crippen molar-refractivity contribution in [1.82, 2.24) is 20.2 Å². The predicted molar refractivity (Wildman–Crippen MR) is 68.3 cm³/mol. The molecular weight excluding hydrogens is 268 g/mol. The number of tetrazole rings is 1. The number of rotatable bonds is 5. The molecule has 2 rings (SSSR count). The molecule has 1 heterocycles. The number of aryl methyl sites for hydroxylation is 1. The van der Waals surface area contributed by atoms with Crippen LogP contribution >= 0.6 is 11.8 Å². The van der Waals surface area contributed by atoms with Crippen LogP contribution in [0.4, 0.5) is 0 Å². The molecule has 19 heavy (non-hydrogen) atoms. The zero-order chi connectivity index (χ0) is 13.8. The van der Waals surface area contributed by atoms with Gasteiger partial charge in [0.2, 0.25) is 5.16 Å². The second-order valence-corrected chi connectivity index (χ2v) is 4.65. The first kappa shape index (κ1) is 13.3. The molecule has 2 aromatic rings. The topological polar surface area (TPSA) is 90.1 Å². The first-order valence-corrected chi connectivity index (χ1v) is 6.35. The Labute approximate surface area is 113 Å². The Morgan fingerprint density at radius 2 is 2.32 bits per heavy atom. The van der Waals surface area contributed by atoms with Crippen LogP contribution in [0.5, 0.6) is 5.75 Å². The highest BCUT2D eigenvalue weighted by Gasteiger charge is 2.11. The minimum absolute atomic E-state index is 0.229. The summed E-state index contributed by atoms with van der Waals surface area (Å²) in [5, 5.41) is 20.8. The molecule has 0 unspecified atom stereocenters. The van der Waals surface area contributed by atoms with Crippen molar-refractivity contribution in [3.05, 3.63) is 29.3 Å². The van der Waals surface area contributed by atoms with Crippen LogP contribution in [0.3, 0.4) is 0 Å². The summed E-state index contributed by atoms with van der Waals surface area (Å²) < 4.78 is 6.77. The highest BCUT2D eigenvalue weighted by Crippen LogP contribution is 2.27. The molecule has 0 aliphatic carbocycles. The number of hydrogen-bond acceptors (Lipinski definition) is 6. The van der Waals surface area contributed by atoms with Gasteiger partial charge in [-0.15, -0.1) is 5.10 Å². The van der Waals surface area contributed by atoms with Crippen molar-refractivity contribution in [3.8, 4) is 5.75 Å². The molecule has 0 spiro atoms. The molecule has 0 aliphatic rings. The molecule has 0 amide bonds. The Kier molecular flexibility index (Phi) is 4.00. The molecule has 0 atom stereocenters. The molecule has 100 valence electrons. The zero-order valence-electron chi connectivity index (χ0n) is 10.4. The molecule has 7 nitrogen and oxygen atoms in total. The number of carbonyl (C=O) groups is 1. The third-order valence-corrected chi connectivity index (χ3v) is 3.52. The molecule has 1 aromatic heterocycles. The highest BCUT2D eigenvalue weighted by atomic mass is 32.2. The lowest BCUT2D eigenvalue weighted by Crippen LogP contribution is -2.00. The Balaban J connectivity index is 2.20. The fraction of sp³-hybridized carbons (Fsp3) is 0.273. The maximum atomic E-state index is 11.0. The Morgan fingerprint density at radius 1 is 1.53 bits per heavy atom. The zero-order valence-corrected chi connectivity index (χ0v) is 11.2. The van der Waals surface area contributed by atoms with E-state index in [4.69, 9.17) is 9.84 Å². The van der Waals surface area contributed by atoms with Gasteiger partial charge < -0.3 is 9.84 Å². The summed E-state index contributed by atoms with van der Waals surface area (Å²) in [5.74, 6) is 0.209. The van der Waals surface area contributed by atoms with Crippen LogP contribution in [-0.4, -0.2) is 38.4 Å². The highest BCUT2D eigenvalue weighted by molar-refractivity contribution is 7.98. The van der Waals surface area contributed by atoms with Gasteiger partial charge in [0.15, 0.2) is 0 Å². The lowest BCUT2D eigenvalue weighted by molar-refractivity contribution is 0.0696. The van der Waals surface area contributed by atoms with Gasteiger partial charge in [-0.25, -0.2) is 9.48 Å². The lowest BCUT2D eigenvalue weighted by atomic mass is 10.1. The van der Waals surface area contributed by atoms with Gasteiger partial charge in [0.1, 0.15) is 5.75 Å². The smallest absolute Gasteiger partial charge is 0.335 e. The molecular formula is C11H12N4O3S. The fourth-order valence-corrected chi connectivity index (χ4v) is 2.34. The summed E-state index contributed by atoms with van der Waals surface area (Å²) in [4.78, 5) is 11.0. The van der Waals surface area contributed by atoms with Gasteiger partial charge in [-0.05, 0) is 28.6 Å². The van der Waals surface area contributed by atoms with E-state index in [1.807, 2.05) is 0 Å². The number of carboxylic acid groups (broad SMARTS) is 1. The van der Waals surface area contributed by atoms with Crippen LogP contribution in [0.25, 0.3) is 0 Å². The summed E-state index contributed by atoms with van der Waals surface area (Å²) in [6, 6.07) is 4.76. The number of ether oxygens (including phenoxy) is 1. The SMILES string of the molecule is COc1ccc(C(=O)O)cc1CSc1nnnn1C. The van der Waals surface area contributed by atoms with Gasteiger partial charge in [0.25, 0.3) is 0 Å². The Bertz CT molecular complexity index is 599. The van der Waals surface area contributed by atoms with Crippen LogP contribution in [0.15, 0.2) is 23.4 Å². The van der Waals surface area contributed by atoms with Gasteiger partial charge in [0.05, 0.1) is 12.7 Å². The van der Waals surface area contributed by atoms with E-state index < -0.39 is 5.97 Å². The van der Waals surface area contributed by atoms with Crippen LogP contribution in [0.1, 0.15) is 15.9 Å². The normalized spacial score (nSPS) is 10.4. The van der Waals surface area contributed by atoms with E-state index in [9.17, 15) is 4.79 Å². The number of methoxy groups -OCH3 is 1. The second-order valence-electron chi connectivity index (χ2n) is 3.71. The molecule has 0 aliphatic heterocycles. The van der Waals surface area contributed by atoms with E-state index in [1.54, 1.807) is 31.0 Å². The van der Waals surface area contributed by atoms with E-state index in [0.717, 1.165) is 5.56 Å². The average molecular weight is 280 g/mol. The van der Waals surface area contributed by atoms with Crippen LogP contribution in [-0.2, 0) is 12.8 Å². The van der Waals surface area contributed by atoms with Crippen LogP contribution in [0, 0.1) is 0 Å². The molecule has 0 saturated heterocycles. The Hall–Kier alpha value is -2.09. The van der Waals surface area contributed by atoms with Crippen molar-refractivity contribution in [2.24, 2.45) is 7.05 Å². The lowest BCUT2D eigenvalue weighted by Gasteiger charge is -2.08. The minimum atomic E-state index is -0.964. The standard InChI is InChI=1S/C11H12N4O3S/c1-15-11(12-13-14-15)19-6-8-5-7(10(16)17)3-4-9(8)18-2/h3-5H,6H2,1-2H3,(H,16,17). The Morgan fingerprint density at radius 3 is 2.89 bits per heavy atom. The maximum absolute atomic E-state index is 11.0. The molecule has 0 radical (unpaired) electrons.